The summed E-state index contributed by atoms with van der Waals surface area (Å²) in [6.07, 6.45) is 0. The Morgan fingerprint density at radius 3 is 3.04 bits per heavy atom. The molecular weight excluding hydrogens is 322 g/mol. The number of carbonyl (C=O) groups is 1. The molecule has 0 spiro atoms. The van der Waals surface area contributed by atoms with Gasteiger partial charge >= 0.3 is 5.97 Å². The van der Waals surface area contributed by atoms with Crippen LogP contribution in [0.15, 0.2) is 22.6 Å². The van der Waals surface area contributed by atoms with Crippen LogP contribution in [0, 0.1) is 0 Å². The third-order valence-electron chi connectivity index (χ3n) is 4.40. The molecule has 0 saturated carbocycles. The number of anilines is 2. The lowest BCUT2D eigenvalue weighted by molar-refractivity contribution is 0.0601. The summed E-state index contributed by atoms with van der Waals surface area (Å²) in [4.78, 5) is 22.7. The number of esters is 1. The first-order valence-electron chi connectivity index (χ1n) is 8.13. The van der Waals surface area contributed by atoms with Crippen LogP contribution in [0.5, 0.6) is 0 Å². The van der Waals surface area contributed by atoms with Gasteiger partial charge in [0.25, 0.3) is 0 Å². The van der Waals surface area contributed by atoms with E-state index in [1.807, 2.05) is 0 Å². The number of methoxy groups -OCH3 is 1. The first-order chi connectivity index (χ1) is 12.1. The number of carbonyl (C=O) groups excluding carboxylic acids is 1. The molecule has 1 saturated heterocycles. The largest absolute Gasteiger partial charge is 0.465 e. The topological polar surface area (TPSA) is 107 Å². The van der Waals surface area contributed by atoms with E-state index in [1.54, 1.807) is 18.2 Å². The van der Waals surface area contributed by atoms with Crippen molar-refractivity contribution in [3.63, 3.8) is 0 Å². The van der Waals surface area contributed by atoms with Crippen LogP contribution < -0.4 is 16.0 Å². The normalized spacial score (nSPS) is 18.0. The van der Waals surface area contributed by atoms with Gasteiger partial charge in [-0.25, -0.2) is 9.78 Å². The van der Waals surface area contributed by atoms with E-state index in [1.165, 1.54) is 7.11 Å². The summed E-state index contributed by atoms with van der Waals surface area (Å²) < 4.78 is 10.8. The summed E-state index contributed by atoms with van der Waals surface area (Å²) in [7, 11) is 1.35. The van der Waals surface area contributed by atoms with Crippen molar-refractivity contribution in [2.24, 2.45) is 0 Å². The van der Waals surface area contributed by atoms with Crippen molar-refractivity contribution in [1.29, 1.82) is 0 Å². The van der Waals surface area contributed by atoms with Gasteiger partial charge in [-0.3, -0.25) is 0 Å². The smallest absolute Gasteiger partial charge is 0.337 e. The summed E-state index contributed by atoms with van der Waals surface area (Å²) in [6.45, 7) is 4.59. The summed E-state index contributed by atoms with van der Waals surface area (Å²) in [5.74, 6) is 0.459. The van der Waals surface area contributed by atoms with Gasteiger partial charge in [-0.1, -0.05) is 0 Å². The number of hydrogen-bond donors (Lipinski definition) is 2. The fraction of sp³-hybridized carbons (Fsp3) is 0.353. The third-order valence-corrected chi connectivity index (χ3v) is 4.40. The fourth-order valence-corrected chi connectivity index (χ4v) is 3.23. The van der Waals surface area contributed by atoms with Crippen LogP contribution in [0.3, 0.4) is 0 Å². The molecule has 0 unspecified atom stereocenters. The Labute approximate surface area is 144 Å². The second-order valence-corrected chi connectivity index (χ2v) is 6.19. The molecule has 130 valence electrons. The molecule has 3 aromatic rings. The zero-order valence-corrected chi connectivity index (χ0v) is 14.1. The van der Waals surface area contributed by atoms with Crippen molar-refractivity contribution in [2.45, 2.75) is 13.0 Å². The number of hydrogen-bond acceptors (Lipinski definition) is 8. The summed E-state index contributed by atoms with van der Waals surface area (Å²) in [6, 6.07) is 5.46. The molecule has 3 heterocycles. The molecule has 1 atom stereocenters. The second kappa shape index (κ2) is 5.89. The maximum Gasteiger partial charge on any atom is 0.337 e. The summed E-state index contributed by atoms with van der Waals surface area (Å²) in [5.41, 5.74) is 8.20. The number of piperazine rings is 1. The van der Waals surface area contributed by atoms with E-state index in [-0.39, 0.29) is 5.95 Å². The first kappa shape index (κ1) is 15.6. The van der Waals surface area contributed by atoms with Crippen LogP contribution in [0.1, 0.15) is 17.3 Å². The molecule has 0 amide bonds. The number of benzene rings is 1. The van der Waals surface area contributed by atoms with Crippen molar-refractivity contribution in [3.8, 4) is 0 Å². The number of nitrogen functional groups attached to an aromatic ring is 1. The number of ether oxygens (including phenoxy) is 1. The Hall–Kier alpha value is -2.87. The Bertz CT molecular complexity index is 968. The van der Waals surface area contributed by atoms with E-state index in [0.717, 1.165) is 25.0 Å². The van der Waals surface area contributed by atoms with Crippen LogP contribution in [-0.4, -0.2) is 48.7 Å². The molecule has 1 fully saturated rings. The van der Waals surface area contributed by atoms with E-state index in [9.17, 15) is 4.79 Å². The molecule has 25 heavy (non-hydrogen) atoms. The van der Waals surface area contributed by atoms with Crippen molar-refractivity contribution in [1.82, 2.24) is 15.3 Å². The highest BCUT2D eigenvalue weighted by Gasteiger charge is 2.23. The summed E-state index contributed by atoms with van der Waals surface area (Å²) >= 11 is 0. The molecule has 1 aliphatic rings. The molecule has 0 aliphatic carbocycles. The minimum absolute atomic E-state index is 0.180. The molecule has 8 heteroatoms. The highest BCUT2D eigenvalue weighted by Crippen LogP contribution is 2.34. The molecule has 8 nitrogen and oxygen atoms in total. The zero-order valence-electron chi connectivity index (χ0n) is 14.1. The van der Waals surface area contributed by atoms with Gasteiger partial charge in [0.15, 0.2) is 11.4 Å². The summed E-state index contributed by atoms with van der Waals surface area (Å²) in [5, 5.41) is 4.12. The molecule has 3 N–H and O–H groups in total. The zero-order chi connectivity index (χ0) is 17.6. The number of nitrogens with two attached hydrogens (primary N) is 1. The molecule has 4 rings (SSSR count). The Kier molecular flexibility index (Phi) is 3.69. The highest BCUT2D eigenvalue weighted by molar-refractivity contribution is 6.08. The van der Waals surface area contributed by atoms with Gasteiger partial charge in [0.05, 0.1) is 12.7 Å². The highest BCUT2D eigenvalue weighted by atomic mass is 16.5. The molecule has 0 bridgehead atoms. The molecule has 2 aromatic heterocycles. The average molecular weight is 341 g/mol. The van der Waals surface area contributed by atoms with E-state index < -0.39 is 5.97 Å². The molecule has 0 radical (unpaired) electrons. The van der Waals surface area contributed by atoms with Crippen LogP contribution in [0.4, 0.5) is 11.8 Å². The predicted octanol–water partition coefficient (Wildman–Crippen LogP) is 1.54. The van der Waals surface area contributed by atoms with Gasteiger partial charge in [-0.05, 0) is 25.1 Å². The lowest BCUT2D eigenvalue weighted by Crippen LogP contribution is -2.49. The number of aromatic nitrogens is 2. The van der Waals surface area contributed by atoms with E-state index in [2.05, 4.69) is 27.1 Å². The fourth-order valence-electron chi connectivity index (χ4n) is 3.23. The number of furan rings is 1. The van der Waals surface area contributed by atoms with Crippen LogP contribution in [-0.2, 0) is 4.74 Å². The molecular formula is C17H19N5O3. The average Bonchev–Trinajstić information content (AvgIpc) is 2.98. The van der Waals surface area contributed by atoms with Gasteiger partial charge in [0.2, 0.25) is 5.95 Å². The van der Waals surface area contributed by atoms with Gasteiger partial charge in [0, 0.05) is 31.1 Å². The minimum atomic E-state index is -0.408. The lowest BCUT2D eigenvalue weighted by atomic mass is 10.1. The Morgan fingerprint density at radius 2 is 2.28 bits per heavy atom. The minimum Gasteiger partial charge on any atom is -0.465 e. The van der Waals surface area contributed by atoms with Crippen LogP contribution in [0.25, 0.3) is 22.1 Å². The quantitative estimate of drug-likeness (QED) is 0.676. The Balaban J connectivity index is 1.91. The number of nitrogens with zero attached hydrogens (tertiary/aromatic N) is 3. The second-order valence-electron chi connectivity index (χ2n) is 6.19. The van der Waals surface area contributed by atoms with Crippen LogP contribution in [0.2, 0.25) is 0 Å². The molecule has 1 aromatic carbocycles. The third kappa shape index (κ3) is 2.64. The Morgan fingerprint density at radius 1 is 1.44 bits per heavy atom. The lowest BCUT2D eigenvalue weighted by Gasteiger charge is -2.32. The van der Waals surface area contributed by atoms with Gasteiger partial charge in [0.1, 0.15) is 11.1 Å². The number of nitrogens with one attached hydrogen (secondary N) is 1. The number of rotatable bonds is 2. The van der Waals surface area contributed by atoms with Crippen molar-refractivity contribution >= 4 is 39.8 Å². The number of fused-ring (bicyclic) bond motifs is 3. The first-order valence-corrected chi connectivity index (χ1v) is 8.13. The van der Waals surface area contributed by atoms with Crippen molar-refractivity contribution in [3.05, 3.63) is 23.8 Å². The van der Waals surface area contributed by atoms with Crippen molar-refractivity contribution in [2.75, 3.05) is 37.4 Å². The van der Waals surface area contributed by atoms with Crippen molar-refractivity contribution < 1.29 is 13.9 Å². The maximum absolute atomic E-state index is 11.8. The monoisotopic (exact) mass is 341 g/mol. The SMILES string of the molecule is COC(=O)c1ccc2oc3c(N4CCN[C@@H](C)C4)nc(N)nc3c2c1. The standard InChI is InChI=1S/C17H19N5O3/c1-9-8-22(6-5-19-9)15-14-13(20-17(18)21-15)11-7-10(16(23)24-2)3-4-12(11)25-14/h3-4,7,9,19H,5-6,8H2,1-2H3,(H2,18,20,21)/t9-/m0/s1. The van der Waals surface area contributed by atoms with E-state index in [0.29, 0.717) is 34.1 Å². The predicted molar refractivity (Wildman–Crippen MR) is 94.7 cm³/mol. The van der Waals surface area contributed by atoms with E-state index in [4.69, 9.17) is 14.9 Å². The molecule has 1 aliphatic heterocycles. The van der Waals surface area contributed by atoms with Crippen LogP contribution >= 0.6 is 0 Å². The maximum atomic E-state index is 11.8. The van der Waals surface area contributed by atoms with E-state index >= 15 is 0 Å². The van der Waals surface area contributed by atoms with Gasteiger partial charge < -0.3 is 25.1 Å². The van der Waals surface area contributed by atoms with Gasteiger partial charge in [-0.15, -0.1) is 0 Å². The van der Waals surface area contributed by atoms with Gasteiger partial charge in [-0.2, -0.15) is 4.98 Å².